The molecular weight excluding hydrogens is 212 g/mol. The van der Waals surface area contributed by atoms with Crippen LogP contribution >= 0.6 is 0 Å². The van der Waals surface area contributed by atoms with Crippen molar-refractivity contribution in [1.29, 1.82) is 0 Å². The molecule has 2 aromatic rings. The van der Waals surface area contributed by atoms with Gasteiger partial charge in [0.1, 0.15) is 11.6 Å². The van der Waals surface area contributed by atoms with Crippen molar-refractivity contribution < 1.29 is 0 Å². The van der Waals surface area contributed by atoms with Crippen LogP contribution in [0.15, 0.2) is 12.1 Å². The molecule has 0 spiro atoms. The lowest BCUT2D eigenvalue weighted by molar-refractivity contribution is 0.656. The number of anilines is 1. The van der Waals surface area contributed by atoms with Gasteiger partial charge in [0.15, 0.2) is 5.65 Å². The van der Waals surface area contributed by atoms with E-state index in [0.29, 0.717) is 0 Å². The number of fused-ring (bicyclic) bond motifs is 1. The van der Waals surface area contributed by atoms with E-state index >= 15 is 0 Å². The predicted molar refractivity (Wildman–Crippen MR) is 71.3 cm³/mol. The quantitative estimate of drug-likeness (QED) is 0.752. The van der Waals surface area contributed by atoms with E-state index in [1.165, 1.54) is 25.7 Å². The fourth-order valence-corrected chi connectivity index (χ4v) is 1.92. The predicted octanol–water partition coefficient (Wildman–Crippen LogP) is 3.12. The van der Waals surface area contributed by atoms with Gasteiger partial charge in [-0.1, -0.05) is 26.2 Å². The van der Waals surface area contributed by atoms with E-state index < -0.39 is 0 Å². The maximum absolute atomic E-state index is 4.51. The minimum Gasteiger partial charge on any atom is -0.373 e. The number of unbranched alkanes of at least 4 members (excludes halogenated alkanes) is 3. The smallest absolute Gasteiger partial charge is 0.179 e. The van der Waals surface area contributed by atoms with Crippen LogP contribution in [-0.2, 0) is 6.42 Å². The first-order chi connectivity index (χ1) is 8.33. The van der Waals surface area contributed by atoms with Crippen LogP contribution < -0.4 is 5.32 Å². The average Bonchev–Trinajstić information content (AvgIpc) is 2.76. The Balaban J connectivity index is 2.04. The topological polar surface area (TPSA) is 53.6 Å². The molecular formula is C13H20N4. The number of hydrogen-bond acceptors (Lipinski definition) is 3. The van der Waals surface area contributed by atoms with Crippen LogP contribution in [0.25, 0.3) is 11.2 Å². The lowest BCUT2D eigenvalue weighted by Crippen LogP contribution is -1.91. The molecule has 0 saturated carbocycles. The molecule has 0 bridgehead atoms. The van der Waals surface area contributed by atoms with Crippen LogP contribution in [0.2, 0.25) is 0 Å². The summed E-state index contributed by atoms with van der Waals surface area (Å²) in [6.45, 7) is 2.23. The van der Waals surface area contributed by atoms with Crippen molar-refractivity contribution in [3.63, 3.8) is 0 Å². The van der Waals surface area contributed by atoms with Gasteiger partial charge in [-0.25, -0.2) is 9.97 Å². The van der Waals surface area contributed by atoms with Gasteiger partial charge in [-0.15, -0.1) is 0 Å². The summed E-state index contributed by atoms with van der Waals surface area (Å²) in [7, 11) is 1.87. The van der Waals surface area contributed by atoms with Crippen LogP contribution in [0.1, 0.15) is 38.4 Å². The number of pyridine rings is 1. The van der Waals surface area contributed by atoms with Crippen LogP contribution in [0, 0.1) is 0 Å². The van der Waals surface area contributed by atoms with Crippen LogP contribution in [0.5, 0.6) is 0 Å². The van der Waals surface area contributed by atoms with E-state index in [4.69, 9.17) is 0 Å². The molecule has 2 aromatic heterocycles. The fraction of sp³-hybridized carbons (Fsp3) is 0.538. The molecule has 2 heterocycles. The zero-order valence-corrected chi connectivity index (χ0v) is 10.6. The molecule has 0 unspecified atom stereocenters. The molecule has 0 aliphatic carbocycles. The molecule has 92 valence electrons. The van der Waals surface area contributed by atoms with Crippen molar-refractivity contribution in [3.05, 3.63) is 18.0 Å². The summed E-state index contributed by atoms with van der Waals surface area (Å²) in [4.78, 5) is 12.2. The van der Waals surface area contributed by atoms with E-state index in [1.54, 1.807) is 0 Å². The summed E-state index contributed by atoms with van der Waals surface area (Å²) in [5, 5.41) is 3.02. The zero-order chi connectivity index (χ0) is 12.1. The molecule has 4 nitrogen and oxygen atoms in total. The highest BCUT2D eigenvalue weighted by Gasteiger charge is 2.04. The SMILES string of the molecule is CCCCCCc1nc2nc(NC)ccc2[nH]1. The summed E-state index contributed by atoms with van der Waals surface area (Å²) in [6, 6.07) is 3.98. The minimum atomic E-state index is 0.808. The Labute approximate surface area is 102 Å². The van der Waals surface area contributed by atoms with Gasteiger partial charge in [0, 0.05) is 13.5 Å². The Morgan fingerprint density at radius 1 is 1.18 bits per heavy atom. The van der Waals surface area contributed by atoms with Gasteiger partial charge in [-0.05, 0) is 18.6 Å². The molecule has 2 N–H and O–H groups in total. The first-order valence-corrected chi connectivity index (χ1v) is 6.37. The monoisotopic (exact) mass is 232 g/mol. The van der Waals surface area contributed by atoms with Gasteiger partial charge in [0.25, 0.3) is 0 Å². The van der Waals surface area contributed by atoms with Crippen molar-refractivity contribution >= 4 is 17.0 Å². The summed E-state index contributed by atoms with van der Waals surface area (Å²) < 4.78 is 0. The first kappa shape index (κ1) is 11.9. The number of nitrogens with zero attached hydrogens (tertiary/aromatic N) is 2. The molecule has 0 saturated heterocycles. The van der Waals surface area contributed by atoms with Gasteiger partial charge in [-0.3, -0.25) is 0 Å². The van der Waals surface area contributed by atoms with E-state index in [1.807, 2.05) is 19.2 Å². The van der Waals surface area contributed by atoms with Crippen LogP contribution in [0.4, 0.5) is 5.82 Å². The fourth-order valence-electron chi connectivity index (χ4n) is 1.92. The molecule has 0 aromatic carbocycles. The first-order valence-electron chi connectivity index (χ1n) is 6.37. The number of rotatable bonds is 6. The molecule has 0 aliphatic heterocycles. The van der Waals surface area contributed by atoms with Gasteiger partial charge in [0.2, 0.25) is 0 Å². The van der Waals surface area contributed by atoms with Gasteiger partial charge in [-0.2, -0.15) is 0 Å². The van der Waals surface area contributed by atoms with Crippen LogP contribution in [0.3, 0.4) is 0 Å². The van der Waals surface area contributed by atoms with E-state index in [9.17, 15) is 0 Å². The molecule has 4 heteroatoms. The molecule has 17 heavy (non-hydrogen) atoms. The third-order valence-electron chi connectivity index (χ3n) is 2.92. The van der Waals surface area contributed by atoms with Crippen molar-refractivity contribution in [2.24, 2.45) is 0 Å². The van der Waals surface area contributed by atoms with Gasteiger partial charge in [0.05, 0.1) is 5.52 Å². The zero-order valence-electron chi connectivity index (χ0n) is 10.6. The molecule has 0 fully saturated rings. The molecule has 0 atom stereocenters. The molecule has 2 rings (SSSR count). The van der Waals surface area contributed by atoms with Crippen molar-refractivity contribution in [2.45, 2.75) is 39.0 Å². The maximum Gasteiger partial charge on any atom is 0.179 e. The van der Waals surface area contributed by atoms with Crippen LogP contribution in [-0.4, -0.2) is 22.0 Å². The Morgan fingerprint density at radius 2 is 2.06 bits per heavy atom. The Morgan fingerprint density at radius 3 is 2.82 bits per heavy atom. The number of nitrogens with one attached hydrogen (secondary N) is 2. The second-order valence-electron chi connectivity index (χ2n) is 4.31. The molecule has 0 amide bonds. The maximum atomic E-state index is 4.51. The number of aryl methyl sites for hydroxylation is 1. The number of H-pyrrole nitrogens is 1. The van der Waals surface area contributed by atoms with Gasteiger partial charge < -0.3 is 10.3 Å². The Hall–Kier alpha value is -1.58. The highest BCUT2D eigenvalue weighted by molar-refractivity contribution is 5.72. The second-order valence-corrected chi connectivity index (χ2v) is 4.31. The normalized spacial score (nSPS) is 10.9. The third kappa shape index (κ3) is 2.96. The number of aromatic amines is 1. The van der Waals surface area contributed by atoms with Crippen molar-refractivity contribution in [3.8, 4) is 0 Å². The summed E-state index contributed by atoms with van der Waals surface area (Å²) >= 11 is 0. The van der Waals surface area contributed by atoms with Crippen molar-refractivity contribution in [1.82, 2.24) is 15.0 Å². The average molecular weight is 232 g/mol. The Kier molecular flexibility index (Phi) is 3.96. The molecule has 0 aliphatic rings. The lowest BCUT2D eigenvalue weighted by atomic mass is 10.1. The molecule has 0 radical (unpaired) electrons. The number of hydrogen-bond donors (Lipinski definition) is 2. The number of imidazole rings is 1. The highest BCUT2D eigenvalue weighted by atomic mass is 15.0. The highest BCUT2D eigenvalue weighted by Crippen LogP contribution is 2.14. The van der Waals surface area contributed by atoms with Crippen molar-refractivity contribution in [2.75, 3.05) is 12.4 Å². The van der Waals surface area contributed by atoms with Gasteiger partial charge >= 0.3 is 0 Å². The Bertz CT molecular complexity index is 475. The minimum absolute atomic E-state index is 0.808. The standard InChI is InChI=1S/C13H20N4/c1-3-4-5-6-7-12-15-10-8-9-11(14-2)16-13(10)17-12/h8-9H,3-7H2,1-2H3,(H2,14,15,16,17). The summed E-state index contributed by atoms with van der Waals surface area (Å²) in [6.07, 6.45) is 6.08. The third-order valence-corrected chi connectivity index (χ3v) is 2.92. The largest absolute Gasteiger partial charge is 0.373 e. The van der Waals surface area contributed by atoms with E-state index in [0.717, 1.165) is 29.2 Å². The van der Waals surface area contributed by atoms with E-state index in [-0.39, 0.29) is 0 Å². The van der Waals surface area contributed by atoms with E-state index in [2.05, 4.69) is 27.2 Å². The summed E-state index contributed by atoms with van der Waals surface area (Å²) in [5.74, 6) is 1.92. The second kappa shape index (κ2) is 5.66. The lowest BCUT2D eigenvalue weighted by Gasteiger charge is -1.95. The number of aromatic nitrogens is 3. The summed E-state index contributed by atoms with van der Waals surface area (Å²) in [5.41, 5.74) is 1.83.